The zero-order chi connectivity index (χ0) is 10.6. The maximum absolute atomic E-state index is 13.1. The second-order valence-corrected chi connectivity index (χ2v) is 2.82. The highest BCUT2D eigenvalue weighted by Gasteiger charge is 2.15. The molecular formula is C10H10F2N2. The van der Waals surface area contributed by atoms with E-state index < -0.39 is 17.7 Å². The van der Waals surface area contributed by atoms with Crippen LogP contribution in [0, 0.1) is 24.0 Å². The Hall–Kier alpha value is -1.47. The summed E-state index contributed by atoms with van der Waals surface area (Å²) in [6, 6.07) is -0.464. The normalized spacial score (nSPS) is 12.1. The van der Waals surface area contributed by atoms with E-state index in [1.807, 2.05) is 0 Å². The van der Waals surface area contributed by atoms with Gasteiger partial charge in [0.2, 0.25) is 0 Å². The first kappa shape index (κ1) is 10.6. The zero-order valence-corrected chi connectivity index (χ0v) is 7.72. The minimum Gasteiger partial charge on any atom is -0.299 e. The highest BCUT2D eigenvalue weighted by Crippen LogP contribution is 2.18. The van der Waals surface area contributed by atoms with E-state index in [0.29, 0.717) is 0 Å². The predicted molar refractivity (Wildman–Crippen MR) is 49.4 cm³/mol. The SMILES string of the molecule is C#CCNC(C)c1c(F)cncc1F. The second-order valence-electron chi connectivity index (χ2n) is 2.82. The van der Waals surface area contributed by atoms with E-state index in [1.165, 1.54) is 0 Å². The molecule has 0 amide bonds. The van der Waals surface area contributed by atoms with Crippen molar-refractivity contribution in [1.29, 1.82) is 0 Å². The molecule has 14 heavy (non-hydrogen) atoms. The van der Waals surface area contributed by atoms with Gasteiger partial charge in [-0.1, -0.05) is 5.92 Å². The number of pyridine rings is 1. The fourth-order valence-electron chi connectivity index (χ4n) is 1.15. The first-order valence-corrected chi connectivity index (χ1v) is 4.12. The largest absolute Gasteiger partial charge is 0.299 e. The summed E-state index contributed by atoms with van der Waals surface area (Å²) in [5, 5.41) is 2.79. The molecule has 1 atom stereocenters. The summed E-state index contributed by atoms with van der Waals surface area (Å²) < 4.78 is 26.3. The van der Waals surface area contributed by atoms with Crippen LogP contribution >= 0.6 is 0 Å². The van der Waals surface area contributed by atoms with Gasteiger partial charge in [0.15, 0.2) is 0 Å². The Balaban J connectivity index is 2.89. The molecule has 0 saturated carbocycles. The van der Waals surface area contributed by atoms with Crippen LogP contribution in [0.25, 0.3) is 0 Å². The first-order valence-electron chi connectivity index (χ1n) is 4.12. The van der Waals surface area contributed by atoms with Crippen LogP contribution in [0.4, 0.5) is 8.78 Å². The van der Waals surface area contributed by atoms with Crippen LogP contribution in [-0.4, -0.2) is 11.5 Å². The molecule has 1 aromatic heterocycles. The number of terminal acetylenes is 1. The van der Waals surface area contributed by atoms with Crippen LogP contribution < -0.4 is 5.32 Å². The van der Waals surface area contributed by atoms with Gasteiger partial charge >= 0.3 is 0 Å². The highest BCUT2D eigenvalue weighted by atomic mass is 19.1. The molecule has 0 saturated heterocycles. The Morgan fingerprint density at radius 2 is 2.07 bits per heavy atom. The van der Waals surface area contributed by atoms with Crippen molar-refractivity contribution >= 4 is 0 Å². The van der Waals surface area contributed by atoms with Crippen molar-refractivity contribution < 1.29 is 8.78 Å². The van der Waals surface area contributed by atoms with Crippen LogP contribution in [0.1, 0.15) is 18.5 Å². The third-order valence-electron chi connectivity index (χ3n) is 1.83. The van der Waals surface area contributed by atoms with Crippen molar-refractivity contribution in [2.75, 3.05) is 6.54 Å². The van der Waals surface area contributed by atoms with Crippen molar-refractivity contribution in [3.8, 4) is 12.3 Å². The van der Waals surface area contributed by atoms with E-state index in [9.17, 15) is 8.78 Å². The Kier molecular flexibility index (Phi) is 3.55. The van der Waals surface area contributed by atoms with Gasteiger partial charge < -0.3 is 0 Å². The minimum atomic E-state index is -0.665. The number of nitrogens with one attached hydrogen (secondary N) is 1. The summed E-state index contributed by atoms with van der Waals surface area (Å²) in [6.45, 7) is 1.90. The molecule has 2 nitrogen and oxygen atoms in total. The number of rotatable bonds is 3. The van der Waals surface area contributed by atoms with Gasteiger partial charge in [-0.25, -0.2) is 8.78 Å². The van der Waals surface area contributed by atoms with E-state index >= 15 is 0 Å². The molecule has 1 heterocycles. The number of hydrogen-bond acceptors (Lipinski definition) is 2. The Bertz CT molecular complexity index is 337. The third kappa shape index (κ3) is 2.27. The summed E-state index contributed by atoms with van der Waals surface area (Å²) in [5.74, 6) is 1.01. The van der Waals surface area contributed by atoms with Crippen LogP contribution in [0.3, 0.4) is 0 Å². The van der Waals surface area contributed by atoms with E-state index in [1.54, 1.807) is 6.92 Å². The van der Waals surface area contributed by atoms with Gasteiger partial charge in [0, 0.05) is 11.6 Å². The predicted octanol–water partition coefficient (Wildman–Crippen LogP) is 1.64. The summed E-state index contributed by atoms with van der Waals surface area (Å²) in [5.41, 5.74) is -0.0322. The van der Waals surface area contributed by atoms with Gasteiger partial charge in [0.25, 0.3) is 0 Å². The molecule has 74 valence electrons. The zero-order valence-electron chi connectivity index (χ0n) is 7.72. The van der Waals surface area contributed by atoms with Crippen molar-refractivity contribution in [3.05, 3.63) is 29.6 Å². The molecule has 0 bridgehead atoms. The summed E-state index contributed by atoms with van der Waals surface area (Å²) in [7, 11) is 0. The Labute approximate surface area is 81.4 Å². The molecule has 0 spiro atoms. The molecule has 1 unspecified atom stereocenters. The summed E-state index contributed by atoms with van der Waals surface area (Å²) in [6.07, 6.45) is 6.98. The fraction of sp³-hybridized carbons (Fsp3) is 0.300. The van der Waals surface area contributed by atoms with Crippen LogP contribution in [0.15, 0.2) is 12.4 Å². The molecule has 4 heteroatoms. The maximum Gasteiger partial charge on any atom is 0.149 e. The van der Waals surface area contributed by atoms with Gasteiger partial charge in [0.1, 0.15) is 11.6 Å². The Morgan fingerprint density at radius 3 is 2.57 bits per heavy atom. The lowest BCUT2D eigenvalue weighted by atomic mass is 10.1. The van der Waals surface area contributed by atoms with Gasteiger partial charge in [-0.3, -0.25) is 10.3 Å². The second kappa shape index (κ2) is 4.68. The monoisotopic (exact) mass is 196 g/mol. The molecule has 0 radical (unpaired) electrons. The molecule has 0 aliphatic heterocycles. The average Bonchev–Trinajstić information content (AvgIpc) is 2.14. The summed E-state index contributed by atoms with van der Waals surface area (Å²) >= 11 is 0. The van der Waals surface area contributed by atoms with Crippen molar-refractivity contribution in [3.63, 3.8) is 0 Å². The molecule has 1 N–H and O–H groups in total. The number of halogens is 2. The van der Waals surface area contributed by atoms with Gasteiger partial charge in [0.05, 0.1) is 18.9 Å². The van der Waals surface area contributed by atoms with Crippen molar-refractivity contribution in [2.45, 2.75) is 13.0 Å². The summed E-state index contributed by atoms with van der Waals surface area (Å²) in [4.78, 5) is 3.39. The quantitative estimate of drug-likeness (QED) is 0.743. The fourth-order valence-corrected chi connectivity index (χ4v) is 1.15. The third-order valence-corrected chi connectivity index (χ3v) is 1.83. The molecule has 0 aromatic carbocycles. The highest BCUT2D eigenvalue weighted by molar-refractivity contribution is 5.19. The molecule has 1 rings (SSSR count). The molecule has 0 fully saturated rings. The van der Waals surface area contributed by atoms with E-state index in [2.05, 4.69) is 16.2 Å². The van der Waals surface area contributed by atoms with Crippen LogP contribution in [0.2, 0.25) is 0 Å². The lowest BCUT2D eigenvalue weighted by Crippen LogP contribution is -2.21. The average molecular weight is 196 g/mol. The number of nitrogens with zero attached hydrogens (tertiary/aromatic N) is 1. The minimum absolute atomic E-state index is 0.0322. The van der Waals surface area contributed by atoms with Crippen LogP contribution in [-0.2, 0) is 0 Å². The van der Waals surface area contributed by atoms with E-state index in [4.69, 9.17) is 6.42 Å². The Morgan fingerprint density at radius 1 is 1.50 bits per heavy atom. The molecule has 1 aromatic rings. The van der Waals surface area contributed by atoms with Gasteiger partial charge in [-0.2, -0.15) is 0 Å². The molecule has 0 aliphatic rings. The molecule has 0 aliphatic carbocycles. The van der Waals surface area contributed by atoms with Crippen molar-refractivity contribution in [1.82, 2.24) is 10.3 Å². The first-order chi connectivity index (χ1) is 6.66. The maximum atomic E-state index is 13.1. The van der Waals surface area contributed by atoms with Crippen LogP contribution in [0.5, 0.6) is 0 Å². The lowest BCUT2D eigenvalue weighted by Gasteiger charge is -2.13. The van der Waals surface area contributed by atoms with Gasteiger partial charge in [-0.15, -0.1) is 6.42 Å². The topological polar surface area (TPSA) is 24.9 Å². The lowest BCUT2D eigenvalue weighted by molar-refractivity contribution is 0.496. The number of hydrogen-bond donors (Lipinski definition) is 1. The van der Waals surface area contributed by atoms with Gasteiger partial charge in [-0.05, 0) is 6.92 Å². The smallest absolute Gasteiger partial charge is 0.149 e. The standard InChI is InChI=1S/C10H10F2N2/c1-3-4-14-7(2)10-8(11)5-13-6-9(10)12/h1,5-7,14H,4H2,2H3. The molecular weight excluding hydrogens is 186 g/mol. The van der Waals surface area contributed by atoms with Crippen molar-refractivity contribution in [2.24, 2.45) is 0 Å². The number of aromatic nitrogens is 1. The van der Waals surface area contributed by atoms with E-state index in [-0.39, 0.29) is 12.1 Å². The van der Waals surface area contributed by atoms with E-state index in [0.717, 1.165) is 12.4 Å².